The van der Waals surface area contributed by atoms with Crippen molar-refractivity contribution in [1.29, 1.82) is 0 Å². The van der Waals surface area contributed by atoms with E-state index in [0.29, 0.717) is 17.8 Å². The zero-order chi connectivity index (χ0) is 13.8. The van der Waals surface area contributed by atoms with Crippen molar-refractivity contribution in [3.8, 4) is 0 Å². The number of rotatable bonds is 6. The maximum atomic E-state index is 12.1. The lowest BCUT2D eigenvalue weighted by Gasteiger charge is -2.19. The molecule has 1 aromatic rings. The standard InChI is InChI=1S/C15H23N3O.2ClH/c1-3-18(13-6-7-13)9-8-17-15(19)14-10-12(16)5-4-11(14)2;;/h4-5,10,13H,3,6-9,16H2,1-2H3,(H,17,19);2*1H. The number of halogens is 2. The van der Waals surface area contributed by atoms with E-state index in [2.05, 4.69) is 17.1 Å². The predicted molar refractivity (Wildman–Crippen MR) is 92.7 cm³/mol. The molecule has 1 aliphatic rings. The molecule has 1 aliphatic carbocycles. The van der Waals surface area contributed by atoms with Crippen LogP contribution in [-0.4, -0.2) is 36.5 Å². The van der Waals surface area contributed by atoms with Crippen molar-refractivity contribution in [2.24, 2.45) is 0 Å². The molecule has 0 saturated heterocycles. The molecule has 0 bridgehead atoms. The quantitative estimate of drug-likeness (QED) is 0.787. The van der Waals surface area contributed by atoms with E-state index >= 15 is 0 Å². The highest BCUT2D eigenvalue weighted by Crippen LogP contribution is 2.25. The lowest BCUT2D eigenvalue weighted by Crippen LogP contribution is -2.36. The van der Waals surface area contributed by atoms with Crippen molar-refractivity contribution in [1.82, 2.24) is 10.2 Å². The molecule has 1 saturated carbocycles. The van der Waals surface area contributed by atoms with Gasteiger partial charge in [-0.1, -0.05) is 13.0 Å². The number of carbonyl (C=O) groups excluding carboxylic acids is 1. The molecule has 0 aromatic heterocycles. The number of nitrogens with two attached hydrogens (primary N) is 1. The summed E-state index contributed by atoms with van der Waals surface area (Å²) in [5.74, 6) is -0.0309. The van der Waals surface area contributed by atoms with Crippen LogP contribution < -0.4 is 11.1 Å². The van der Waals surface area contributed by atoms with Crippen molar-refractivity contribution in [2.75, 3.05) is 25.4 Å². The van der Waals surface area contributed by atoms with Crippen LogP contribution in [0.2, 0.25) is 0 Å². The van der Waals surface area contributed by atoms with Crippen LogP contribution in [-0.2, 0) is 0 Å². The molecule has 4 nitrogen and oxygen atoms in total. The Morgan fingerprint density at radius 1 is 1.38 bits per heavy atom. The topological polar surface area (TPSA) is 58.4 Å². The second-order valence-electron chi connectivity index (χ2n) is 5.19. The molecule has 0 aliphatic heterocycles. The van der Waals surface area contributed by atoms with Crippen LogP contribution in [0.1, 0.15) is 35.7 Å². The molecule has 1 amide bonds. The number of hydrogen-bond donors (Lipinski definition) is 2. The number of amides is 1. The normalized spacial score (nSPS) is 13.3. The molecule has 21 heavy (non-hydrogen) atoms. The first-order valence-corrected chi connectivity index (χ1v) is 7.00. The molecule has 0 unspecified atom stereocenters. The van der Waals surface area contributed by atoms with Crippen LogP contribution in [0.5, 0.6) is 0 Å². The van der Waals surface area contributed by atoms with Crippen LogP contribution in [0.15, 0.2) is 18.2 Å². The van der Waals surface area contributed by atoms with Crippen LogP contribution >= 0.6 is 24.8 Å². The Hall–Kier alpha value is -0.970. The maximum absolute atomic E-state index is 12.1. The van der Waals surface area contributed by atoms with E-state index < -0.39 is 0 Å². The van der Waals surface area contributed by atoms with Gasteiger partial charge >= 0.3 is 0 Å². The minimum atomic E-state index is -0.0309. The molecule has 1 aromatic carbocycles. The van der Waals surface area contributed by atoms with Crippen LogP contribution in [0.4, 0.5) is 5.69 Å². The largest absolute Gasteiger partial charge is 0.399 e. The Morgan fingerprint density at radius 2 is 2.05 bits per heavy atom. The number of benzene rings is 1. The van der Waals surface area contributed by atoms with Crippen LogP contribution in [0, 0.1) is 6.92 Å². The van der Waals surface area contributed by atoms with Crippen molar-refractivity contribution in [3.63, 3.8) is 0 Å². The van der Waals surface area contributed by atoms with Gasteiger partial charge in [-0.05, 0) is 44.0 Å². The van der Waals surface area contributed by atoms with Crippen molar-refractivity contribution >= 4 is 36.4 Å². The Balaban J connectivity index is 0.00000200. The second-order valence-corrected chi connectivity index (χ2v) is 5.19. The summed E-state index contributed by atoms with van der Waals surface area (Å²) in [7, 11) is 0. The summed E-state index contributed by atoms with van der Waals surface area (Å²) >= 11 is 0. The summed E-state index contributed by atoms with van der Waals surface area (Å²) in [5, 5.41) is 2.98. The lowest BCUT2D eigenvalue weighted by atomic mass is 10.1. The Bertz CT molecular complexity index is 464. The summed E-state index contributed by atoms with van der Waals surface area (Å²) in [6, 6.07) is 6.18. The Morgan fingerprint density at radius 3 is 2.62 bits per heavy atom. The van der Waals surface area contributed by atoms with Gasteiger partial charge in [-0.2, -0.15) is 0 Å². The summed E-state index contributed by atoms with van der Waals surface area (Å²) in [6.45, 7) is 6.77. The first-order valence-electron chi connectivity index (χ1n) is 7.00. The minimum absolute atomic E-state index is 0. The maximum Gasteiger partial charge on any atom is 0.251 e. The molecule has 2 rings (SSSR count). The number of nitrogen functional groups attached to an aromatic ring is 1. The van der Waals surface area contributed by atoms with Gasteiger partial charge in [0.1, 0.15) is 0 Å². The fourth-order valence-electron chi connectivity index (χ4n) is 2.33. The first kappa shape index (κ1) is 20.0. The smallest absolute Gasteiger partial charge is 0.251 e. The Kier molecular flexibility index (Phi) is 8.71. The summed E-state index contributed by atoms with van der Waals surface area (Å²) < 4.78 is 0. The highest BCUT2D eigenvalue weighted by molar-refractivity contribution is 5.96. The molecule has 6 heteroatoms. The zero-order valence-corrected chi connectivity index (χ0v) is 14.2. The fourth-order valence-corrected chi connectivity index (χ4v) is 2.33. The second kappa shape index (κ2) is 9.13. The Labute approximate surface area is 139 Å². The van der Waals surface area contributed by atoms with E-state index in [1.807, 2.05) is 19.1 Å². The number of nitrogens with one attached hydrogen (secondary N) is 1. The highest BCUT2D eigenvalue weighted by atomic mass is 35.5. The van der Waals surface area contributed by atoms with E-state index in [0.717, 1.165) is 24.7 Å². The molecule has 0 spiro atoms. The monoisotopic (exact) mass is 333 g/mol. The van der Waals surface area contributed by atoms with Gasteiger partial charge in [0.15, 0.2) is 0 Å². The van der Waals surface area contributed by atoms with Gasteiger partial charge in [0, 0.05) is 30.4 Å². The minimum Gasteiger partial charge on any atom is -0.399 e. The van der Waals surface area contributed by atoms with E-state index in [1.165, 1.54) is 12.8 Å². The summed E-state index contributed by atoms with van der Waals surface area (Å²) in [6.07, 6.45) is 2.60. The molecule has 0 radical (unpaired) electrons. The molecule has 120 valence electrons. The molecular formula is C15H25Cl2N3O. The van der Waals surface area contributed by atoms with E-state index in [1.54, 1.807) is 6.07 Å². The third kappa shape index (κ3) is 5.73. The van der Waals surface area contributed by atoms with E-state index in [-0.39, 0.29) is 30.7 Å². The van der Waals surface area contributed by atoms with Crippen LogP contribution in [0.25, 0.3) is 0 Å². The van der Waals surface area contributed by atoms with Crippen LogP contribution in [0.3, 0.4) is 0 Å². The number of likely N-dealkylation sites (N-methyl/N-ethyl adjacent to an activating group) is 1. The lowest BCUT2D eigenvalue weighted by molar-refractivity contribution is 0.0947. The molecule has 3 N–H and O–H groups in total. The fraction of sp³-hybridized carbons (Fsp3) is 0.533. The van der Waals surface area contributed by atoms with Gasteiger partial charge < -0.3 is 11.1 Å². The molecular weight excluding hydrogens is 309 g/mol. The highest BCUT2D eigenvalue weighted by Gasteiger charge is 2.27. The predicted octanol–water partition coefficient (Wildman–Crippen LogP) is 2.63. The summed E-state index contributed by atoms with van der Waals surface area (Å²) in [4.78, 5) is 14.5. The van der Waals surface area contributed by atoms with Crippen molar-refractivity contribution in [2.45, 2.75) is 32.7 Å². The van der Waals surface area contributed by atoms with E-state index in [4.69, 9.17) is 5.73 Å². The number of aryl methyl sites for hydroxylation is 1. The molecule has 0 atom stereocenters. The van der Waals surface area contributed by atoms with Gasteiger partial charge in [0.05, 0.1) is 0 Å². The third-order valence-electron chi connectivity index (χ3n) is 3.66. The first-order chi connectivity index (χ1) is 9.11. The van der Waals surface area contributed by atoms with Crippen molar-refractivity contribution in [3.05, 3.63) is 29.3 Å². The average molecular weight is 334 g/mol. The molecule has 0 heterocycles. The van der Waals surface area contributed by atoms with Gasteiger partial charge in [0.25, 0.3) is 5.91 Å². The SMILES string of the molecule is CCN(CCNC(=O)c1cc(N)ccc1C)C1CC1.Cl.Cl. The molecule has 1 fully saturated rings. The van der Waals surface area contributed by atoms with Gasteiger partial charge in [-0.25, -0.2) is 0 Å². The number of hydrogen-bond acceptors (Lipinski definition) is 3. The van der Waals surface area contributed by atoms with Crippen molar-refractivity contribution < 1.29 is 4.79 Å². The van der Waals surface area contributed by atoms with Gasteiger partial charge in [0.2, 0.25) is 0 Å². The van der Waals surface area contributed by atoms with E-state index in [9.17, 15) is 4.79 Å². The third-order valence-corrected chi connectivity index (χ3v) is 3.66. The summed E-state index contributed by atoms with van der Waals surface area (Å²) in [5.41, 5.74) is 7.99. The van der Waals surface area contributed by atoms with Gasteiger partial charge in [-0.3, -0.25) is 9.69 Å². The number of carbonyl (C=O) groups is 1. The number of anilines is 1. The van der Waals surface area contributed by atoms with Gasteiger partial charge in [-0.15, -0.1) is 24.8 Å². The zero-order valence-electron chi connectivity index (χ0n) is 12.6. The average Bonchev–Trinajstić information content (AvgIpc) is 3.21. The number of nitrogens with zero attached hydrogens (tertiary/aromatic N) is 1.